The predicted octanol–water partition coefficient (Wildman–Crippen LogP) is 5.26. The van der Waals surface area contributed by atoms with Gasteiger partial charge in [0.25, 0.3) is 0 Å². The molecule has 0 spiro atoms. The minimum absolute atomic E-state index is 0.0420. The summed E-state index contributed by atoms with van der Waals surface area (Å²) < 4.78 is 5.32. The molecule has 0 aliphatic carbocycles. The van der Waals surface area contributed by atoms with Crippen molar-refractivity contribution in [3.05, 3.63) is 72.3 Å². The Hall–Kier alpha value is -3.14. The van der Waals surface area contributed by atoms with Gasteiger partial charge in [0.05, 0.1) is 30.2 Å². The van der Waals surface area contributed by atoms with Gasteiger partial charge >= 0.3 is 0 Å². The Kier molecular flexibility index (Phi) is 8.85. The van der Waals surface area contributed by atoms with Crippen molar-refractivity contribution in [1.29, 1.82) is 5.26 Å². The van der Waals surface area contributed by atoms with Crippen LogP contribution in [0.4, 0.5) is 0 Å². The molecule has 2 heterocycles. The van der Waals surface area contributed by atoms with Crippen LogP contribution in [0.25, 0.3) is 22.4 Å². The van der Waals surface area contributed by atoms with Crippen molar-refractivity contribution < 1.29 is 9.53 Å². The van der Waals surface area contributed by atoms with Crippen LogP contribution in [0.1, 0.15) is 19.4 Å². The lowest BCUT2D eigenvalue weighted by molar-refractivity contribution is -0.132. The van der Waals surface area contributed by atoms with E-state index in [1.54, 1.807) is 0 Å². The minimum atomic E-state index is 0.0420. The highest BCUT2D eigenvalue weighted by atomic mass is 32.2. The molecule has 1 saturated heterocycles. The first kappa shape index (κ1) is 23.5. The molecular formula is C26H27N3O2S. The highest BCUT2D eigenvalue weighted by Crippen LogP contribution is 2.34. The molecule has 2 aromatic carbocycles. The maximum atomic E-state index is 12.6. The van der Waals surface area contributed by atoms with Crippen LogP contribution in [0.5, 0.6) is 0 Å². The van der Waals surface area contributed by atoms with E-state index in [0.29, 0.717) is 36.9 Å². The normalized spacial score (nSPS) is 13.0. The van der Waals surface area contributed by atoms with Crippen LogP contribution in [-0.2, 0) is 9.53 Å². The van der Waals surface area contributed by atoms with Crippen molar-refractivity contribution in [3.8, 4) is 28.5 Å². The lowest BCUT2D eigenvalue weighted by Gasteiger charge is -2.26. The third-order valence-corrected chi connectivity index (χ3v) is 5.91. The summed E-state index contributed by atoms with van der Waals surface area (Å²) in [6.45, 7) is 6.36. The van der Waals surface area contributed by atoms with E-state index in [1.807, 2.05) is 85.5 Å². The molecule has 3 aromatic rings. The second kappa shape index (κ2) is 12.0. The number of nitriles is 1. The van der Waals surface area contributed by atoms with Gasteiger partial charge in [0.1, 0.15) is 11.1 Å². The number of ether oxygens (including phenoxy) is 1. The summed E-state index contributed by atoms with van der Waals surface area (Å²) in [6.07, 6.45) is 0. The van der Waals surface area contributed by atoms with Gasteiger partial charge in [-0.1, -0.05) is 86.3 Å². The molecule has 0 N–H and O–H groups in total. The molecule has 1 fully saturated rings. The van der Waals surface area contributed by atoms with E-state index >= 15 is 0 Å². The highest BCUT2D eigenvalue weighted by Gasteiger charge is 2.20. The lowest BCUT2D eigenvalue weighted by atomic mass is 9.99. The fraction of sp³-hybridized carbons (Fsp3) is 0.269. The first-order valence-corrected chi connectivity index (χ1v) is 11.8. The summed E-state index contributed by atoms with van der Waals surface area (Å²) in [6, 6.07) is 24.0. The molecule has 1 aliphatic rings. The van der Waals surface area contributed by atoms with E-state index in [-0.39, 0.29) is 11.7 Å². The second-order valence-corrected chi connectivity index (χ2v) is 7.82. The molecule has 0 radical (unpaired) electrons. The van der Waals surface area contributed by atoms with Crippen LogP contribution in [-0.4, -0.2) is 47.8 Å². The fourth-order valence-electron chi connectivity index (χ4n) is 3.37. The fourth-order valence-corrected chi connectivity index (χ4v) is 4.28. The van der Waals surface area contributed by atoms with Crippen LogP contribution in [0.3, 0.4) is 0 Å². The Balaban J connectivity index is 0.00000141. The topological polar surface area (TPSA) is 66.2 Å². The number of amides is 1. The smallest absolute Gasteiger partial charge is 0.233 e. The lowest BCUT2D eigenvalue weighted by Crippen LogP contribution is -2.41. The summed E-state index contributed by atoms with van der Waals surface area (Å²) >= 11 is 1.33. The quantitative estimate of drug-likeness (QED) is 0.501. The van der Waals surface area contributed by atoms with E-state index in [0.717, 1.165) is 22.4 Å². The van der Waals surface area contributed by atoms with Crippen molar-refractivity contribution in [3.63, 3.8) is 0 Å². The Morgan fingerprint density at radius 3 is 2.22 bits per heavy atom. The van der Waals surface area contributed by atoms with Crippen molar-refractivity contribution >= 4 is 17.7 Å². The number of hydrogen-bond donors (Lipinski definition) is 0. The van der Waals surface area contributed by atoms with Gasteiger partial charge in [-0.25, -0.2) is 4.98 Å². The SMILES string of the molecule is CC.N#Cc1c(-c2ccccc2)cc(-c2ccccc2)nc1SCC(=O)N1CCOCC1. The maximum absolute atomic E-state index is 12.6. The largest absolute Gasteiger partial charge is 0.378 e. The third kappa shape index (κ3) is 5.76. The summed E-state index contributed by atoms with van der Waals surface area (Å²) in [5.74, 6) is 0.286. The second-order valence-electron chi connectivity index (χ2n) is 6.86. The number of rotatable bonds is 5. The van der Waals surface area contributed by atoms with Crippen LogP contribution >= 0.6 is 11.8 Å². The third-order valence-electron chi connectivity index (χ3n) is 4.95. The van der Waals surface area contributed by atoms with Crippen molar-refractivity contribution in [2.45, 2.75) is 18.9 Å². The molecular weight excluding hydrogens is 418 g/mol. The number of carbonyl (C=O) groups excluding carboxylic acids is 1. The van der Waals surface area contributed by atoms with Gasteiger partial charge in [-0.05, 0) is 11.6 Å². The number of carbonyl (C=O) groups is 1. The molecule has 0 saturated carbocycles. The average molecular weight is 446 g/mol. The molecule has 0 unspecified atom stereocenters. The van der Waals surface area contributed by atoms with E-state index in [2.05, 4.69) is 6.07 Å². The number of morpholine rings is 1. The van der Waals surface area contributed by atoms with Crippen molar-refractivity contribution in [2.24, 2.45) is 0 Å². The van der Waals surface area contributed by atoms with E-state index < -0.39 is 0 Å². The van der Waals surface area contributed by atoms with Crippen molar-refractivity contribution in [1.82, 2.24) is 9.88 Å². The van der Waals surface area contributed by atoms with Gasteiger partial charge in [-0.2, -0.15) is 5.26 Å². The Morgan fingerprint density at radius 1 is 1.03 bits per heavy atom. The molecule has 1 aromatic heterocycles. The molecule has 0 bridgehead atoms. The summed E-state index contributed by atoms with van der Waals surface area (Å²) in [5, 5.41) is 10.5. The van der Waals surface area contributed by atoms with Gasteiger partial charge in [0, 0.05) is 24.2 Å². The molecule has 1 aliphatic heterocycles. The first-order chi connectivity index (χ1) is 15.8. The van der Waals surface area contributed by atoms with Gasteiger partial charge in [-0.15, -0.1) is 0 Å². The molecule has 4 rings (SSSR count). The Labute approximate surface area is 194 Å². The summed E-state index contributed by atoms with van der Waals surface area (Å²) in [7, 11) is 0. The Bertz CT molecular complexity index is 1060. The van der Waals surface area contributed by atoms with Gasteiger partial charge in [-0.3, -0.25) is 4.79 Å². The number of nitrogens with zero attached hydrogens (tertiary/aromatic N) is 3. The average Bonchev–Trinajstić information content (AvgIpc) is 2.89. The highest BCUT2D eigenvalue weighted by molar-refractivity contribution is 8.00. The zero-order chi connectivity index (χ0) is 22.8. The molecule has 32 heavy (non-hydrogen) atoms. The summed E-state index contributed by atoms with van der Waals surface area (Å²) in [4.78, 5) is 19.2. The summed E-state index contributed by atoms with van der Waals surface area (Å²) in [5.41, 5.74) is 4.04. The van der Waals surface area contributed by atoms with Crippen LogP contribution < -0.4 is 0 Å². The zero-order valence-electron chi connectivity index (χ0n) is 18.5. The standard InChI is InChI=1S/C24H21N3O2S.C2H6/c25-16-21-20(18-7-3-1-4-8-18)15-22(19-9-5-2-6-10-19)26-24(21)30-17-23(28)27-11-13-29-14-12-27;1-2/h1-10,15H,11-14,17H2;1-2H3. The number of thioether (sulfide) groups is 1. The monoisotopic (exact) mass is 445 g/mol. The number of pyridine rings is 1. The van der Waals surface area contributed by atoms with Crippen molar-refractivity contribution in [2.75, 3.05) is 32.1 Å². The maximum Gasteiger partial charge on any atom is 0.233 e. The molecule has 5 nitrogen and oxygen atoms in total. The van der Waals surface area contributed by atoms with Crippen LogP contribution in [0.15, 0.2) is 71.8 Å². The zero-order valence-corrected chi connectivity index (χ0v) is 19.3. The van der Waals surface area contributed by atoms with Crippen LogP contribution in [0.2, 0.25) is 0 Å². The first-order valence-electron chi connectivity index (χ1n) is 10.8. The molecule has 1 amide bonds. The van der Waals surface area contributed by atoms with E-state index in [9.17, 15) is 10.1 Å². The number of aromatic nitrogens is 1. The minimum Gasteiger partial charge on any atom is -0.378 e. The van der Waals surface area contributed by atoms with Gasteiger partial charge in [0.15, 0.2) is 0 Å². The van der Waals surface area contributed by atoms with Gasteiger partial charge < -0.3 is 9.64 Å². The predicted molar refractivity (Wildman–Crippen MR) is 129 cm³/mol. The van der Waals surface area contributed by atoms with Crippen LogP contribution in [0, 0.1) is 11.3 Å². The number of benzene rings is 2. The molecule has 6 heteroatoms. The Morgan fingerprint density at radius 2 is 1.62 bits per heavy atom. The number of hydrogen-bond acceptors (Lipinski definition) is 5. The van der Waals surface area contributed by atoms with E-state index in [1.165, 1.54) is 11.8 Å². The molecule has 164 valence electrons. The molecule has 0 atom stereocenters. The van der Waals surface area contributed by atoms with E-state index in [4.69, 9.17) is 9.72 Å². The van der Waals surface area contributed by atoms with Gasteiger partial charge in [0.2, 0.25) is 5.91 Å².